The Morgan fingerprint density at radius 2 is 1.16 bits per heavy atom. The van der Waals surface area contributed by atoms with E-state index in [1.54, 1.807) is 0 Å². The lowest BCUT2D eigenvalue weighted by Crippen LogP contribution is -3.00. The first-order valence-corrected chi connectivity index (χ1v) is 12.4. The maximum atomic E-state index is 12.5. The highest BCUT2D eigenvalue weighted by molar-refractivity contribution is 7.95. The highest BCUT2D eigenvalue weighted by Gasteiger charge is 2.46. The zero-order chi connectivity index (χ0) is 21.7. The van der Waals surface area contributed by atoms with Gasteiger partial charge in [0.05, 0.1) is 6.54 Å². The summed E-state index contributed by atoms with van der Waals surface area (Å²) in [7, 11) is 1.74. The van der Waals surface area contributed by atoms with Gasteiger partial charge in [-0.2, -0.15) is 0 Å². The van der Waals surface area contributed by atoms with Gasteiger partial charge >= 0.3 is 0 Å². The fourth-order valence-electron chi connectivity index (χ4n) is 3.98. The van der Waals surface area contributed by atoms with E-state index in [0.717, 1.165) is 11.9 Å². The Labute approximate surface area is 201 Å². The molecule has 1 aromatic heterocycles. The summed E-state index contributed by atoms with van der Waals surface area (Å²) in [4.78, 5) is 14.4. The minimum atomic E-state index is -2.04. The van der Waals surface area contributed by atoms with Crippen LogP contribution in [0.2, 0.25) is 0 Å². The standard InChI is InChI=1S/C27H27NO2P.BrH/c1-28(2)20-26(29)27-19-18-22(30-27)21-31(23-12-6-3-7-13-23,24-14-8-4-9-15-24)25-16-10-5-11-17-25;/h3-19H,20-21H2,1-2H3;1H/q+1;/p-1. The normalized spacial score (nSPS) is 11.2. The number of carbonyl (C=O) groups excluding carboxylic acids is 1. The second kappa shape index (κ2) is 10.9. The Balaban J connectivity index is 0.00000289. The molecule has 0 bridgehead atoms. The van der Waals surface area contributed by atoms with Crippen LogP contribution in [0.5, 0.6) is 0 Å². The topological polar surface area (TPSA) is 33.5 Å². The Morgan fingerprint density at radius 1 is 0.719 bits per heavy atom. The molecule has 4 aromatic rings. The van der Waals surface area contributed by atoms with Crippen molar-refractivity contribution in [3.05, 3.63) is 115 Å². The van der Waals surface area contributed by atoms with Gasteiger partial charge in [0.2, 0.25) is 5.78 Å². The molecule has 0 atom stereocenters. The molecule has 0 aliphatic carbocycles. The van der Waals surface area contributed by atoms with Crippen LogP contribution in [0, 0.1) is 0 Å². The van der Waals surface area contributed by atoms with Crippen molar-refractivity contribution in [3.8, 4) is 0 Å². The van der Waals surface area contributed by atoms with E-state index in [1.807, 2.05) is 31.1 Å². The second-order valence-electron chi connectivity index (χ2n) is 7.90. The Hall–Kier alpha value is -2.52. The highest BCUT2D eigenvalue weighted by atomic mass is 79.9. The quantitative estimate of drug-likeness (QED) is 0.268. The summed E-state index contributed by atoms with van der Waals surface area (Å²) >= 11 is 0. The van der Waals surface area contributed by atoms with Crippen LogP contribution in [-0.2, 0) is 6.16 Å². The zero-order valence-corrected chi connectivity index (χ0v) is 20.8. The molecule has 1 heterocycles. The third-order valence-corrected chi connectivity index (χ3v) is 9.71. The monoisotopic (exact) mass is 507 g/mol. The maximum absolute atomic E-state index is 12.5. The summed E-state index contributed by atoms with van der Waals surface area (Å²) in [6, 6.07) is 35.9. The number of hydrogen-bond acceptors (Lipinski definition) is 3. The number of benzene rings is 3. The number of Topliss-reactive ketones (excluding diaryl/α,β-unsaturated/α-hetero) is 1. The number of furan rings is 1. The van der Waals surface area contributed by atoms with Gasteiger partial charge in [0.15, 0.2) is 5.76 Å². The third-order valence-electron chi connectivity index (χ3n) is 5.38. The molecule has 3 nitrogen and oxygen atoms in total. The van der Waals surface area contributed by atoms with Gasteiger partial charge < -0.3 is 26.3 Å². The van der Waals surface area contributed by atoms with Crippen LogP contribution in [0.4, 0.5) is 0 Å². The molecule has 4 rings (SSSR count). The largest absolute Gasteiger partial charge is 1.00 e. The van der Waals surface area contributed by atoms with Crippen LogP contribution < -0.4 is 32.9 Å². The molecule has 0 N–H and O–H groups in total. The lowest BCUT2D eigenvalue weighted by atomic mass is 10.3. The Bertz CT molecular complexity index is 1030. The van der Waals surface area contributed by atoms with Gasteiger partial charge in [-0.1, -0.05) is 54.6 Å². The summed E-state index contributed by atoms with van der Waals surface area (Å²) in [5.41, 5.74) is 0. The van der Waals surface area contributed by atoms with Gasteiger partial charge in [-0.05, 0) is 62.6 Å². The van der Waals surface area contributed by atoms with Gasteiger partial charge in [0, 0.05) is 0 Å². The van der Waals surface area contributed by atoms with Crippen molar-refractivity contribution < 1.29 is 26.2 Å². The number of nitrogens with zero attached hydrogens (tertiary/aromatic N) is 1. The number of hydrogen-bond donors (Lipinski definition) is 0. The molecule has 32 heavy (non-hydrogen) atoms. The fraction of sp³-hybridized carbons (Fsp3) is 0.148. The fourth-order valence-corrected chi connectivity index (χ4v) is 8.10. The van der Waals surface area contributed by atoms with Crippen molar-refractivity contribution in [3.63, 3.8) is 0 Å². The number of ketones is 1. The molecule has 0 aliphatic rings. The summed E-state index contributed by atoms with van der Waals surface area (Å²) in [6.45, 7) is 0.337. The lowest BCUT2D eigenvalue weighted by Gasteiger charge is -2.26. The van der Waals surface area contributed by atoms with Crippen LogP contribution in [0.3, 0.4) is 0 Å². The first kappa shape index (κ1) is 24.1. The van der Waals surface area contributed by atoms with Crippen molar-refractivity contribution in [1.29, 1.82) is 0 Å². The van der Waals surface area contributed by atoms with Crippen molar-refractivity contribution in [2.24, 2.45) is 0 Å². The van der Waals surface area contributed by atoms with E-state index >= 15 is 0 Å². The molecule has 0 spiro atoms. The molecule has 0 radical (unpaired) electrons. The van der Waals surface area contributed by atoms with E-state index in [9.17, 15) is 4.79 Å². The number of carbonyl (C=O) groups is 1. The van der Waals surface area contributed by atoms with Crippen molar-refractivity contribution in [2.45, 2.75) is 6.16 Å². The van der Waals surface area contributed by atoms with Crippen LogP contribution in [0.1, 0.15) is 16.3 Å². The summed E-state index contributed by atoms with van der Waals surface area (Å²) in [6.07, 6.45) is 0.723. The minimum Gasteiger partial charge on any atom is -1.00 e. The SMILES string of the molecule is CN(C)CC(=O)c1ccc(C[P+](c2ccccc2)(c2ccccc2)c2ccccc2)o1.[Br-]. The predicted molar refractivity (Wildman–Crippen MR) is 130 cm³/mol. The Kier molecular flexibility index (Phi) is 8.20. The van der Waals surface area contributed by atoms with Crippen LogP contribution >= 0.6 is 7.26 Å². The molecular formula is C27H27BrNO2P. The van der Waals surface area contributed by atoms with E-state index in [2.05, 4.69) is 91.0 Å². The first-order chi connectivity index (χ1) is 15.1. The maximum Gasteiger partial charge on any atom is 0.211 e. The second-order valence-corrected chi connectivity index (χ2v) is 11.4. The van der Waals surface area contributed by atoms with Gasteiger partial charge in [-0.3, -0.25) is 4.79 Å². The summed E-state index contributed by atoms with van der Waals surface area (Å²) in [5.74, 6) is 1.27. The highest BCUT2D eigenvalue weighted by Crippen LogP contribution is 2.58. The lowest BCUT2D eigenvalue weighted by molar-refractivity contribution is -0.0000145. The molecule has 3 aromatic carbocycles. The van der Waals surface area contributed by atoms with Gasteiger partial charge in [-0.15, -0.1) is 0 Å². The van der Waals surface area contributed by atoms with Gasteiger partial charge in [0.25, 0.3) is 0 Å². The third kappa shape index (κ3) is 5.10. The Morgan fingerprint density at radius 3 is 1.56 bits per heavy atom. The van der Waals surface area contributed by atoms with E-state index in [4.69, 9.17) is 4.42 Å². The van der Waals surface area contributed by atoms with E-state index < -0.39 is 7.26 Å². The molecule has 0 aliphatic heterocycles. The molecule has 0 fully saturated rings. The van der Waals surface area contributed by atoms with Crippen LogP contribution in [-0.4, -0.2) is 31.3 Å². The zero-order valence-electron chi connectivity index (χ0n) is 18.3. The molecular weight excluding hydrogens is 481 g/mol. The average Bonchev–Trinajstić information content (AvgIpc) is 3.27. The van der Waals surface area contributed by atoms with Crippen LogP contribution in [0.25, 0.3) is 0 Å². The molecule has 0 saturated heterocycles. The molecule has 5 heteroatoms. The molecule has 0 amide bonds. The average molecular weight is 508 g/mol. The molecule has 164 valence electrons. The molecule has 0 unspecified atom stereocenters. The van der Waals surface area contributed by atoms with Gasteiger partial charge in [-0.25, -0.2) is 0 Å². The minimum absolute atomic E-state index is 0. The van der Waals surface area contributed by atoms with Crippen molar-refractivity contribution in [2.75, 3.05) is 20.6 Å². The van der Waals surface area contributed by atoms with Crippen LogP contribution in [0.15, 0.2) is 108 Å². The summed E-state index contributed by atoms with van der Waals surface area (Å²) < 4.78 is 6.12. The smallest absolute Gasteiger partial charge is 0.211 e. The first-order valence-electron chi connectivity index (χ1n) is 10.4. The van der Waals surface area contributed by atoms with Crippen molar-refractivity contribution >= 4 is 29.0 Å². The van der Waals surface area contributed by atoms with E-state index in [1.165, 1.54) is 15.9 Å². The summed E-state index contributed by atoms with van der Waals surface area (Å²) in [5, 5.41) is 3.89. The number of likely N-dealkylation sites (N-methyl/N-ethyl adjacent to an activating group) is 1. The van der Waals surface area contributed by atoms with E-state index in [0.29, 0.717) is 12.3 Å². The van der Waals surface area contributed by atoms with Gasteiger partial charge in [0.1, 0.15) is 35.1 Å². The predicted octanol–water partition coefficient (Wildman–Crippen LogP) is 1.52. The van der Waals surface area contributed by atoms with E-state index in [-0.39, 0.29) is 22.8 Å². The molecule has 0 saturated carbocycles. The van der Waals surface area contributed by atoms with Crippen molar-refractivity contribution in [1.82, 2.24) is 4.90 Å². The number of halogens is 1. The number of rotatable bonds is 8.